The third-order valence-electron chi connectivity index (χ3n) is 2.66. The SMILES string of the molecule is CCCCCOC(=O)CCC(=O)c1ccccc1. The van der Waals surface area contributed by atoms with Gasteiger partial charge < -0.3 is 4.74 Å². The van der Waals surface area contributed by atoms with Gasteiger partial charge in [0.15, 0.2) is 5.78 Å². The minimum Gasteiger partial charge on any atom is -0.466 e. The molecule has 1 aromatic rings. The molecule has 0 spiro atoms. The zero-order valence-electron chi connectivity index (χ0n) is 10.9. The summed E-state index contributed by atoms with van der Waals surface area (Å²) in [7, 11) is 0. The highest BCUT2D eigenvalue weighted by molar-refractivity contribution is 5.97. The van der Waals surface area contributed by atoms with Crippen LogP contribution in [0.3, 0.4) is 0 Å². The highest BCUT2D eigenvalue weighted by Gasteiger charge is 2.09. The summed E-state index contributed by atoms with van der Waals surface area (Å²) >= 11 is 0. The Morgan fingerprint density at radius 3 is 2.44 bits per heavy atom. The Hall–Kier alpha value is -1.64. The van der Waals surface area contributed by atoms with Crippen molar-refractivity contribution < 1.29 is 14.3 Å². The van der Waals surface area contributed by atoms with Crippen LogP contribution in [0.4, 0.5) is 0 Å². The first-order chi connectivity index (χ1) is 8.74. The number of ketones is 1. The van der Waals surface area contributed by atoms with Crippen molar-refractivity contribution in [3.05, 3.63) is 35.9 Å². The van der Waals surface area contributed by atoms with Crippen LogP contribution in [0.5, 0.6) is 0 Å². The molecule has 0 amide bonds. The lowest BCUT2D eigenvalue weighted by atomic mass is 10.1. The van der Waals surface area contributed by atoms with E-state index in [4.69, 9.17) is 4.74 Å². The van der Waals surface area contributed by atoms with E-state index in [1.165, 1.54) is 0 Å². The van der Waals surface area contributed by atoms with Gasteiger partial charge in [-0.25, -0.2) is 0 Å². The summed E-state index contributed by atoms with van der Waals surface area (Å²) < 4.78 is 5.04. The van der Waals surface area contributed by atoms with Crippen LogP contribution in [0.25, 0.3) is 0 Å². The first-order valence-electron chi connectivity index (χ1n) is 6.48. The molecule has 0 aliphatic carbocycles. The fourth-order valence-electron chi connectivity index (χ4n) is 1.59. The molecule has 0 bridgehead atoms. The number of Topliss-reactive ketones (excluding diaryl/α,β-unsaturated/α-hetero) is 1. The van der Waals surface area contributed by atoms with Crippen molar-refractivity contribution in [3.8, 4) is 0 Å². The van der Waals surface area contributed by atoms with Gasteiger partial charge >= 0.3 is 5.97 Å². The van der Waals surface area contributed by atoms with Gasteiger partial charge in [-0.15, -0.1) is 0 Å². The number of rotatable bonds is 8. The molecule has 0 saturated carbocycles. The molecule has 1 rings (SSSR count). The van der Waals surface area contributed by atoms with Crippen molar-refractivity contribution in [1.82, 2.24) is 0 Å². The molecular formula is C15H20O3. The molecule has 0 aliphatic rings. The van der Waals surface area contributed by atoms with Crippen LogP contribution in [0, 0.1) is 0 Å². The lowest BCUT2D eigenvalue weighted by Gasteiger charge is -2.04. The van der Waals surface area contributed by atoms with E-state index < -0.39 is 0 Å². The average Bonchev–Trinajstić information content (AvgIpc) is 2.42. The molecule has 0 radical (unpaired) electrons. The summed E-state index contributed by atoms with van der Waals surface area (Å²) in [6.45, 7) is 2.56. The van der Waals surface area contributed by atoms with Crippen molar-refractivity contribution in [3.63, 3.8) is 0 Å². The summed E-state index contributed by atoms with van der Waals surface area (Å²) in [6, 6.07) is 9.01. The molecular weight excluding hydrogens is 228 g/mol. The molecule has 0 atom stereocenters. The normalized spacial score (nSPS) is 10.1. The number of ether oxygens (including phenoxy) is 1. The second-order valence-corrected chi connectivity index (χ2v) is 4.22. The van der Waals surface area contributed by atoms with Crippen molar-refractivity contribution in [2.24, 2.45) is 0 Å². The summed E-state index contributed by atoms with van der Waals surface area (Å²) in [5.41, 5.74) is 0.649. The first kappa shape index (κ1) is 14.4. The molecule has 0 N–H and O–H groups in total. The Bertz CT molecular complexity index is 371. The van der Waals surface area contributed by atoms with Gasteiger partial charge in [0.1, 0.15) is 0 Å². The number of carbonyl (C=O) groups excluding carboxylic acids is 2. The third kappa shape index (κ3) is 5.62. The molecule has 1 aromatic carbocycles. The molecule has 0 fully saturated rings. The maximum Gasteiger partial charge on any atom is 0.306 e. The highest BCUT2D eigenvalue weighted by Crippen LogP contribution is 2.06. The Labute approximate surface area is 108 Å². The summed E-state index contributed by atoms with van der Waals surface area (Å²) in [5.74, 6) is -0.295. The lowest BCUT2D eigenvalue weighted by molar-refractivity contribution is -0.143. The van der Waals surface area contributed by atoms with Gasteiger partial charge in [0.2, 0.25) is 0 Å². The van der Waals surface area contributed by atoms with Crippen LogP contribution in [0.2, 0.25) is 0 Å². The van der Waals surface area contributed by atoms with Crippen LogP contribution >= 0.6 is 0 Å². The van der Waals surface area contributed by atoms with E-state index in [0.29, 0.717) is 12.2 Å². The quantitative estimate of drug-likeness (QED) is 0.402. The van der Waals surface area contributed by atoms with E-state index >= 15 is 0 Å². The van der Waals surface area contributed by atoms with Crippen molar-refractivity contribution in [2.75, 3.05) is 6.61 Å². The third-order valence-corrected chi connectivity index (χ3v) is 2.66. The second kappa shape index (κ2) is 8.45. The van der Waals surface area contributed by atoms with Crippen LogP contribution in [0.15, 0.2) is 30.3 Å². The molecule has 0 saturated heterocycles. The van der Waals surface area contributed by atoms with E-state index in [1.807, 2.05) is 18.2 Å². The zero-order chi connectivity index (χ0) is 13.2. The van der Waals surface area contributed by atoms with Crippen LogP contribution < -0.4 is 0 Å². The van der Waals surface area contributed by atoms with Gasteiger partial charge in [0.25, 0.3) is 0 Å². The van der Waals surface area contributed by atoms with Gasteiger partial charge in [-0.2, -0.15) is 0 Å². The van der Waals surface area contributed by atoms with Crippen LogP contribution in [-0.2, 0) is 9.53 Å². The fraction of sp³-hybridized carbons (Fsp3) is 0.467. The molecule has 0 aliphatic heterocycles. The van der Waals surface area contributed by atoms with Crippen LogP contribution in [0.1, 0.15) is 49.4 Å². The van der Waals surface area contributed by atoms with E-state index in [-0.39, 0.29) is 24.6 Å². The minimum absolute atomic E-state index is 0.0129. The molecule has 98 valence electrons. The van der Waals surface area contributed by atoms with E-state index in [9.17, 15) is 9.59 Å². The molecule has 0 unspecified atom stereocenters. The largest absolute Gasteiger partial charge is 0.466 e. The van der Waals surface area contributed by atoms with Gasteiger partial charge in [0, 0.05) is 12.0 Å². The summed E-state index contributed by atoms with van der Waals surface area (Å²) in [6.07, 6.45) is 3.45. The predicted molar refractivity (Wildman–Crippen MR) is 70.5 cm³/mol. The number of esters is 1. The lowest BCUT2D eigenvalue weighted by Crippen LogP contribution is -2.09. The van der Waals surface area contributed by atoms with E-state index in [2.05, 4.69) is 6.92 Å². The van der Waals surface area contributed by atoms with Crippen molar-refractivity contribution >= 4 is 11.8 Å². The molecule has 3 nitrogen and oxygen atoms in total. The predicted octanol–water partition coefficient (Wildman–Crippen LogP) is 3.38. The summed E-state index contributed by atoms with van der Waals surface area (Å²) in [5, 5.41) is 0. The average molecular weight is 248 g/mol. The first-order valence-corrected chi connectivity index (χ1v) is 6.48. The number of hydrogen-bond acceptors (Lipinski definition) is 3. The number of carbonyl (C=O) groups is 2. The van der Waals surface area contributed by atoms with Gasteiger partial charge in [-0.05, 0) is 6.42 Å². The fourth-order valence-corrected chi connectivity index (χ4v) is 1.59. The number of hydrogen-bond donors (Lipinski definition) is 0. The standard InChI is InChI=1S/C15H20O3/c1-2-3-7-12-18-15(17)11-10-14(16)13-8-5-4-6-9-13/h4-6,8-9H,2-3,7,10-12H2,1H3. The topological polar surface area (TPSA) is 43.4 Å². The summed E-state index contributed by atoms with van der Waals surface area (Å²) in [4.78, 5) is 23.1. The van der Waals surface area contributed by atoms with E-state index in [1.54, 1.807) is 12.1 Å². The van der Waals surface area contributed by atoms with E-state index in [0.717, 1.165) is 19.3 Å². The molecule has 18 heavy (non-hydrogen) atoms. The Morgan fingerprint density at radius 2 is 1.78 bits per heavy atom. The Morgan fingerprint density at radius 1 is 1.06 bits per heavy atom. The molecule has 0 heterocycles. The minimum atomic E-state index is -0.282. The number of benzene rings is 1. The second-order valence-electron chi connectivity index (χ2n) is 4.22. The maximum atomic E-state index is 11.7. The van der Waals surface area contributed by atoms with Crippen molar-refractivity contribution in [1.29, 1.82) is 0 Å². The Balaban J connectivity index is 2.20. The van der Waals surface area contributed by atoms with Gasteiger partial charge in [-0.1, -0.05) is 50.1 Å². The zero-order valence-corrected chi connectivity index (χ0v) is 10.9. The Kier molecular flexibility index (Phi) is 6.77. The van der Waals surface area contributed by atoms with Crippen LogP contribution in [-0.4, -0.2) is 18.4 Å². The maximum absolute atomic E-state index is 11.7. The van der Waals surface area contributed by atoms with Gasteiger partial charge in [0.05, 0.1) is 13.0 Å². The molecule has 0 aromatic heterocycles. The molecule has 3 heteroatoms. The van der Waals surface area contributed by atoms with Gasteiger partial charge in [-0.3, -0.25) is 9.59 Å². The number of unbranched alkanes of at least 4 members (excludes halogenated alkanes) is 2. The smallest absolute Gasteiger partial charge is 0.306 e. The van der Waals surface area contributed by atoms with Crippen molar-refractivity contribution in [2.45, 2.75) is 39.0 Å². The highest BCUT2D eigenvalue weighted by atomic mass is 16.5. The monoisotopic (exact) mass is 248 g/mol.